The fraction of sp³-hybridized carbons (Fsp3) is 0.500. The van der Waals surface area contributed by atoms with Crippen molar-refractivity contribution in [2.75, 3.05) is 6.61 Å². The first-order chi connectivity index (χ1) is 6.57. The summed E-state index contributed by atoms with van der Waals surface area (Å²) in [5.74, 6) is 0. The van der Waals surface area contributed by atoms with Gasteiger partial charge in [-0.15, -0.1) is 0 Å². The van der Waals surface area contributed by atoms with E-state index in [0.29, 0.717) is 6.61 Å². The quantitative estimate of drug-likeness (QED) is 0.681. The Balaban J connectivity index is 3.23. The van der Waals surface area contributed by atoms with Gasteiger partial charge < -0.3 is 4.74 Å². The van der Waals surface area contributed by atoms with E-state index in [2.05, 4.69) is 0 Å². The lowest BCUT2D eigenvalue weighted by molar-refractivity contribution is 0.0836. The maximum absolute atomic E-state index is 11.5. The van der Waals surface area contributed by atoms with Crippen LogP contribution in [0.25, 0.3) is 0 Å². The monoisotopic (exact) mass is 218 g/mol. The number of rotatable bonds is 3. The van der Waals surface area contributed by atoms with Gasteiger partial charge in [0.15, 0.2) is 0 Å². The van der Waals surface area contributed by atoms with Crippen LogP contribution < -0.4 is 11.2 Å². The molecule has 0 aliphatic carbocycles. The van der Waals surface area contributed by atoms with E-state index in [1.54, 1.807) is 6.92 Å². The molecule has 6 heteroatoms. The molecule has 0 spiro atoms. The molecule has 1 heterocycles. The number of halogens is 1. The van der Waals surface area contributed by atoms with Gasteiger partial charge in [0.25, 0.3) is 5.56 Å². The van der Waals surface area contributed by atoms with Crippen LogP contribution in [-0.4, -0.2) is 15.7 Å². The Morgan fingerprint density at radius 1 is 1.50 bits per heavy atom. The number of hydrogen-bond donors (Lipinski definition) is 0. The van der Waals surface area contributed by atoms with Crippen molar-refractivity contribution in [2.45, 2.75) is 13.7 Å². The predicted octanol–water partition coefficient (Wildman–Crippen LogP) is 0.194. The summed E-state index contributed by atoms with van der Waals surface area (Å²) in [5, 5.41) is 0.0894. The van der Waals surface area contributed by atoms with Crippen LogP contribution in [0.4, 0.5) is 0 Å². The van der Waals surface area contributed by atoms with Crippen LogP contribution in [0.2, 0.25) is 5.15 Å². The summed E-state index contributed by atoms with van der Waals surface area (Å²) < 4.78 is 7.20. The van der Waals surface area contributed by atoms with Crippen molar-refractivity contribution in [1.29, 1.82) is 0 Å². The molecule has 78 valence electrons. The third-order valence-corrected chi connectivity index (χ3v) is 2.09. The molecule has 1 aromatic rings. The Kier molecular flexibility index (Phi) is 3.49. The highest BCUT2D eigenvalue weighted by molar-refractivity contribution is 6.29. The second-order valence-corrected chi connectivity index (χ2v) is 3.08. The van der Waals surface area contributed by atoms with Gasteiger partial charge in [0, 0.05) is 19.7 Å². The van der Waals surface area contributed by atoms with Gasteiger partial charge in [0.2, 0.25) is 0 Å². The molecule has 0 saturated heterocycles. The molecule has 0 unspecified atom stereocenters. The van der Waals surface area contributed by atoms with Crippen LogP contribution in [0.1, 0.15) is 6.92 Å². The molecule has 0 fully saturated rings. The molecule has 0 bridgehead atoms. The summed E-state index contributed by atoms with van der Waals surface area (Å²) in [6.45, 7) is 2.34. The Morgan fingerprint density at radius 2 is 2.14 bits per heavy atom. The molecule has 0 saturated carbocycles. The lowest BCUT2D eigenvalue weighted by Crippen LogP contribution is -2.38. The van der Waals surface area contributed by atoms with Gasteiger partial charge in [0.1, 0.15) is 11.9 Å². The van der Waals surface area contributed by atoms with Gasteiger partial charge in [-0.05, 0) is 6.92 Å². The number of ether oxygens (including phenoxy) is 1. The highest BCUT2D eigenvalue weighted by Crippen LogP contribution is 2.01. The maximum Gasteiger partial charge on any atom is 0.333 e. The van der Waals surface area contributed by atoms with Crippen LogP contribution in [0.15, 0.2) is 15.7 Å². The Bertz CT molecular complexity index is 435. The predicted molar refractivity (Wildman–Crippen MR) is 52.6 cm³/mol. The minimum atomic E-state index is -0.476. The van der Waals surface area contributed by atoms with Gasteiger partial charge in [-0.25, -0.2) is 4.79 Å². The Morgan fingerprint density at radius 3 is 2.71 bits per heavy atom. The lowest BCUT2D eigenvalue weighted by atomic mass is 10.6. The molecule has 0 aromatic carbocycles. The zero-order chi connectivity index (χ0) is 10.7. The van der Waals surface area contributed by atoms with Crippen molar-refractivity contribution in [3.63, 3.8) is 0 Å². The molecular formula is C8H11ClN2O3. The second-order valence-electron chi connectivity index (χ2n) is 2.70. The SMILES string of the molecule is CCOCn1c(Cl)cc(=O)n(C)c1=O. The van der Waals surface area contributed by atoms with E-state index in [1.807, 2.05) is 0 Å². The molecule has 0 N–H and O–H groups in total. The smallest absolute Gasteiger partial charge is 0.333 e. The van der Waals surface area contributed by atoms with E-state index in [4.69, 9.17) is 16.3 Å². The largest absolute Gasteiger partial charge is 0.361 e. The van der Waals surface area contributed by atoms with Crippen molar-refractivity contribution in [1.82, 2.24) is 9.13 Å². The van der Waals surface area contributed by atoms with E-state index in [9.17, 15) is 9.59 Å². The molecule has 0 atom stereocenters. The molecule has 5 nitrogen and oxygen atoms in total. The summed E-state index contributed by atoms with van der Waals surface area (Å²) in [7, 11) is 1.39. The zero-order valence-corrected chi connectivity index (χ0v) is 8.74. The maximum atomic E-state index is 11.5. The zero-order valence-electron chi connectivity index (χ0n) is 7.99. The fourth-order valence-electron chi connectivity index (χ4n) is 0.943. The van der Waals surface area contributed by atoms with Gasteiger partial charge in [-0.2, -0.15) is 0 Å². The van der Waals surface area contributed by atoms with Crippen LogP contribution >= 0.6 is 11.6 Å². The van der Waals surface area contributed by atoms with E-state index >= 15 is 0 Å². The third kappa shape index (κ3) is 2.05. The Hall–Kier alpha value is -1.07. The molecule has 1 aromatic heterocycles. The van der Waals surface area contributed by atoms with Gasteiger partial charge in [-0.3, -0.25) is 13.9 Å². The highest BCUT2D eigenvalue weighted by Gasteiger charge is 2.06. The minimum absolute atomic E-state index is 0.0578. The number of nitrogens with zero attached hydrogens (tertiary/aromatic N) is 2. The van der Waals surface area contributed by atoms with E-state index in [1.165, 1.54) is 17.7 Å². The minimum Gasteiger partial charge on any atom is -0.361 e. The van der Waals surface area contributed by atoms with Crippen molar-refractivity contribution in [3.8, 4) is 0 Å². The standard InChI is InChI=1S/C8H11ClN2O3/c1-3-14-5-11-6(9)4-7(12)10(2)8(11)13/h4H,3,5H2,1-2H3. The molecule has 14 heavy (non-hydrogen) atoms. The lowest BCUT2D eigenvalue weighted by Gasteiger charge is -2.08. The van der Waals surface area contributed by atoms with Crippen molar-refractivity contribution >= 4 is 11.6 Å². The first-order valence-electron chi connectivity index (χ1n) is 4.12. The molecule has 1 rings (SSSR count). The van der Waals surface area contributed by atoms with Crippen molar-refractivity contribution in [3.05, 3.63) is 32.1 Å². The van der Waals surface area contributed by atoms with E-state index in [0.717, 1.165) is 4.57 Å². The molecule has 0 aliphatic rings. The van der Waals surface area contributed by atoms with E-state index in [-0.39, 0.29) is 11.9 Å². The van der Waals surface area contributed by atoms with Gasteiger partial charge >= 0.3 is 5.69 Å². The van der Waals surface area contributed by atoms with Crippen molar-refractivity contribution < 1.29 is 4.74 Å². The fourth-order valence-corrected chi connectivity index (χ4v) is 1.16. The Labute approximate surface area is 85.5 Å². The summed E-state index contributed by atoms with van der Waals surface area (Å²) in [5.41, 5.74) is -0.899. The summed E-state index contributed by atoms with van der Waals surface area (Å²) in [6.07, 6.45) is 0. The van der Waals surface area contributed by atoms with Crippen LogP contribution in [0, 0.1) is 0 Å². The van der Waals surface area contributed by atoms with Crippen LogP contribution in [-0.2, 0) is 18.5 Å². The average Bonchev–Trinajstić information content (AvgIpc) is 2.14. The molecular weight excluding hydrogens is 208 g/mol. The molecule has 0 amide bonds. The summed E-state index contributed by atoms with van der Waals surface area (Å²) >= 11 is 5.71. The van der Waals surface area contributed by atoms with Gasteiger partial charge in [-0.1, -0.05) is 11.6 Å². The van der Waals surface area contributed by atoms with E-state index < -0.39 is 11.2 Å². The second kappa shape index (κ2) is 4.43. The van der Waals surface area contributed by atoms with Crippen LogP contribution in [0.5, 0.6) is 0 Å². The molecule has 0 radical (unpaired) electrons. The summed E-state index contributed by atoms with van der Waals surface area (Å²) in [6, 6.07) is 1.18. The molecule has 0 aliphatic heterocycles. The number of aromatic nitrogens is 2. The first-order valence-corrected chi connectivity index (χ1v) is 4.49. The normalized spacial score (nSPS) is 10.5. The highest BCUT2D eigenvalue weighted by atomic mass is 35.5. The first kappa shape index (κ1) is 11.0. The topological polar surface area (TPSA) is 53.2 Å². The van der Waals surface area contributed by atoms with Gasteiger partial charge in [0.05, 0.1) is 0 Å². The summed E-state index contributed by atoms with van der Waals surface area (Å²) in [4.78, 5) is 22.6. The number of hydrogen-bond acceptors (Lipinski definition) is 3. The van der Waals surface area contributed by atoms with Crippen LogP contribution in [0.3, 0.4) is 0 Å². The van der Waals surface area contributed by atoms with Crippen molar-refractivity contribution in [2.24, 2.45) is 7.05 Å². The third-order valence-electron chi connectivity index (χ3n) is 1.77. The average molecular weight is 219 g/mol.